The minimum atomic E-state index is 0.165. The molecule has 2 heterocycles. The van der Waals surface area contributed by atoms with Crippen molar-refractivity contribution in [1.82, 2.24) is 4.98 Å². The first-order valence-electron chi connectivity index (χ1n) is 6.20. The molecule has 102 valence electrons. The van der Waals surface area contributed by atoms with E-state index in [9.17, 15) is 0 Å². The molecule has 0 radical (unpaired) electrons. The van der Waals surface area contributed by atoms with Crippen molar-refractivity contribution in [1.29, 1.82) is 0 Å². The molecule has 2 aromatic heterocycles. The summed E-state index contributed by atoms with van der Waals surface area (Å²) < 4.78 is 0.823. The predicted molar refractivity (Wildman–Crippen MR) is 83.0 cm³/mol. The van der Waals surface area contributed by atoms with Crippen LogP contribution in [0.5, 0.6) is 0 Å². The minimum absolute atomic E-state index is 0.165. The molecule has 2 aromatic rings. The van der Waals surface area contributed by atoms with Gasteiger partial charge >= 0.3 is 0 Å². The largest absolute Gasteiger partial charge is 0.355 e. The second kappa shape index (κ2) is 6.37. The Kier molecular flexibility index (Phi) is 4.80. The molecule has 0 fully saturated rings. The van der Waals surface area contributed by atoms with E-state index in [2.05, 4.69) is 16.0 Å². The highest BCUT2D eigenvalue weighted by Crippen LogP contribution is 2.23. The highest BCUT2D eigenvalue weighted by molar-refractivity contribution is 7.16. The molecule has 0 bridgehead atoms. The molecule has 1 atom stereocenters. The second-order valence-corrected chi connectivity index (χ2v) is 6.57. The third-order valence-electron chi connectivity index (χ3n) is 2.78. The summed E-state index contributed by atoms with van der Waals surface area (Å²) in [7, 11) is 2.03. The summed E-state index contributed by atoms with van der Waals surface area (Å²) in [5.41, 5.74) is 6.95. The Balaban J connectivity index is 2.01. The van der Waals surface area contributed by atoms with Gasteiger partial charge in [0.05, 0.1) is 10.9 Å². The van der Waals surface area contributed by atoms with Crippen LogP contribution >= 0.6 is 22.9 Å². The lowest BCUT2D eigenvalue weighted by Gasteiger charge is -2.17. The molecule has 0 aliphatic carbocycles. The predicted octanol–water partition coefficient (Wildman–Crippen LogP) is 3.32. The summed E-state index contributed by atoms with van der Waals surface area (Å²) in [6.07, 6.45) is 2.76. The van der Waals surface area contributed by atoms with E-state index in [1.165, 1.54) is 10.4 Å². The van der Waals surface area contributed by atoms with Crippen LogP contribution < -0.4 is 10.6 Å². The smallest absolute Gasteiger partial charge is 0.128 e. The van der Waals surface area contributed by atoms with Crippen LogP contribution in [0, 0.1) is 0 Å². The van der Waals surface area contributed by atoms with Gasteiger partial charge in [-0.3, -0.25) is 0 Å². The molecular formula is C14H18ClN3S. The number of rotatable bonds is 5. The third-order valence-corrected chi connectivity index (χ3v) is 4.00. The van der Waals surface area contributed by atoms with Crippen LogP contribution in [0.2, 0.25) is 4.34 Å². The summed E-state index contributed by atoms with van der Waals surface area (Å²) in [4.78, 5) is 7.82. The van der Waals surface area contributed by atoms with E-state index < -0.39 is 0 Å². The van der Waals surface area contributed by atoms with Gasteiger partial charge in [0, 0.05) is 24.2 Å². The van der Waals surface area contributed by atoms with Crippen molar-refractivity contribution >= 4 is 28.8 Å². The number of pyridine rings is 1. The van der Waals surface area contributed by atoms with Gasteiger partial charge in [-0.2, -0.15) is 0 Å². The molecule has 2 rings (SSSR count). The van der Waals surface area contributed by atoms with Crippen LogP contribution in [0.25, 0.3) is 0 Å². The summed E-state index contributed by atoms with van der Waals surface area (Å²) in [6.45, 7) is 2.82. The number of nitrogens with zero attached hydrogens (tertiary/aromatic N) is 2. The average Bonchev–Trinajstić information content (AvgIpc) is 2.75. The first-order valence-corrected chi connectivity index (χ1v) is 7.40. The van der Waals surface area contributed by atoms with Crippen molar-refractivity contribution in [3.63, 3.8) is 0 Å². The summed E-state index contributed by atoms with van der Waals surface area (Å²) in [5.74, 6) is 0.956. The average molecular weight is 296 g/mol. The maximum absolute atomic E-state index is 5.93. The maximum Gasteiger partial charge on any atom is 0.128 e. The quantitative estimate of drug-likeness (QED) is 0.920. The summed E-state index contributed by atoms with van der Waals surface area (Å²) in [5, 5.41) is 0. The van der Waals surface area contributed by atoms with Crippen molar-refractivity contribution in [2.24, 2.45) is 5.73 Å². The molecule has 0 aromatic carbocycles. The van der Waals surface area contributed by atoms with E-state index in [1.807, 2.05) is 38.4 Å². The second-order valence-electron chi connectivity index (χ2n) is 4.77. The fraction of sp³-hybridized carbons (Fsp3) is 0.357. The number of hydrogen-bond acceptors (Lipinski definition) is 4. The van der Waals surface area contributed by atoms with Gasteiger partial charge in [-0.05, 0) is 37.1 Å². The maximum atomic E-state index is 5.93. The molecule has 0 spiro atoms. The van der Waals surface area contributed by atoms with Crippen LogP contribution in [0.15, 0.2) is 30.5 Å². The van der Waals surface area contributed by atoms with Crippen LogP contribution in [-0.4, -0.2) is 18.1 Å². The molecule has 0 saturated heterocycles. The Hall–Kier alpha value is -1.10. The molecular weight excluding hydrogens is 278 g/mol. The SMILES string of the molecule is CC(N)Cc1ccc(N(C)Cc2ccc(Cl)s2)nc1. The fourth-order valence-electron chi connectivity index (χ4n) is 1.89. The molecule has 19 heavy (non-hydrogen) atoms. The first kappa shape index (κ1) is 14.3. The van der Waals surface area contributed by atoms with Crippen LogP contribution in [0.4, 0.5) is 5.82 Å². The van der Waals surface area contributed by atoms with Crippen LogP contribution in [0.3, 0.4) is 0 Å². The van der Waals surface area contributed by atoms with Crippen molar-refractivity contribution in [2.75, 3.05) is 11.9 Å². The van der Waals surface area contributed by atoms with Gasteiger partial charge in [-0.1, -0.05) is 17.7 Å². The lowest BCUT2D eigenvalue weighted by Crippen LogP contribution is -2.19. The van der Waals surface area contributed by atoms with E-state index in [0.717, 1.165) is 23.1 Å². The first-order chi connectivity index (χ1) is 9.04. The fourth-order valence-corrected chi connectivity index (χ4v) is 3.03. The number of aromatic nitrogens is 1. The molecule has 5 heteroatoms. The highest BCUT2D eigenvalue weighted by Gasteiger charge is 2.06. The lowest BCUT2D eigenvalue weighted by molar-refractivity contribution is 0.735. The topological polar surface area (TPSA) is 42.1 Å². The zero-order valence-corrected chi connectivity index (χ0v) is 12.7. The number of nitrogens with two attached hydrogens (primary N) is 1. The van der Waals surface area contributed by atoms with E-state index >= 15 is 0 Å². The number of halogens is 1. The Morgan fingerprint density at radius 2 is 2.16 bits per heavy atom. The lowest BCUT2D eigenvalue weighted by atomic mass is 10.1. The molecule has 0 aliphatic rings. The van der Waals surface area contributed by atoms with Gasteiger partial charge in [0.2, 0.25) is 0 Å². The van der Waals surface area contributed by atoms with Gasteiger partial charge in [-0.15, -0.1) is 11.3 Å². The Morgan fingerprint density at radius 3 is 2.68 bits per heavy atom. The monoisotopic (exact) mass is 295 g/mol. The highest BCUT2D eigenvalue weighted by atomic mass is 35.5. The Morgan fingerprint density at radius 1 is 1.37 bits per heavy atom. The van der Waals surface area contributed by atoms with Crippen molar-refractivity contribution < 1.29 is 0 Å². The van der Waals surface area contributed by atoms with Crippen LogP contribution in [0.1, 0.15) is 17.4 Å². The van der Waals surface area contributed by atoms with Gasteiger partial charge < -0.3 is 10.6 Å². The Bertz CT molecular complexity index is 522. The van der Waals surface area contributed by atoms with Gasteiger partial charge in [0.1, 0.15) is 5.82 Å². The molecule has 1 unspecified atom stereocenters. The molecule has 0 amide bonds. The summed E-state index contributed by atoms with van der Waals surface area (Å²) in [6, 6.07) is 8.26. The molecule has 3 nitrogen and oxygen atoms in total. The van der Waals surface area contributed by atoms with Gasteiger partial charge in [-0.25, -0.2) is 4.98 Å². The number of thiophene rings is 1. The molecule has 2 N–H and O–H groups in total. The minimum Gasteiger partial charge on any atom is -0.355 e. The third kappa shape index (κ3) is 4.20. The van der Waals surface area contributed by atoms with Crippen molar-refractivity contribution in [2.45, 2.75) is 25.9 Å². The normalized spacial score (nSPS) is 12.4. The number of anilines is 1. The molecule has 0 aliphatic heterocycles. The molecule has 0 saturated carbocycles. The number of hydrogen-bond donors (Lipinski definition) is 1. The zero-order chi connectivity index (χ0) is 13.8. The van der Waals surface area contributed by atoms with Crippen molar-refractivity contribution in [3.8, 4) is 0 Å². The van der Waals surface area contributed by atoms with Crippen molar-refractivity contribution in [3.05, 3.63) is 45.2 Å². The van der Waals surface area contributed by atoms with E-state index in [0.29, 0.717) is 0 Å². The Labute approximate surface area is 123 Å². The van der Waals surface area contributed by atoms with E-state index in [1.54, 1.807) is 11.3 Å². The summed E-state index contributed by atoms with van der Waals surface area (Å²) >= 11 is 7.53. The van der Waals surface area contributed by atoms with Gasteiger partial charge in [0.25, 0.3) is 0 Å². The van der Waals surface area contributed by atoms with Crippen LogP contribution in [-0.2, 0) is 13.0 Å². The zero-order valence-electron chi connectivity index (χ0n) is 11.1. The van der Waals surface area contributed by atoms with E-state index in [4.69, 9.17) is 17.3 Å². The standard InChI is InChI=1S/C14H18ClN3S/c1-10(16)7-11-3-6-14(17-8-11)18(2)9-12-4-5-13(15)19-12/h3-6,8,10H,7,9,16H2,1-2H3. The van der Waals surface area contributed by atoms with Gasteiger partial charge in [0.15, 0.2) is 0 Å². The van der Waals surface area contributed by atoms with E-state index in [-0.39, 0.29) is 6.04 Å².